The van der Waals surface area contributed by atoms with E-state index < -0.39 is 72.0 Å². The fourth-order valence-corrected chi connectivity index (χ4v) is 1.93. The monoisotopic (exact) mass is 453 g/mol. The first kappa shape index (κ1) is 25.0. The summed E-state index contributed by atoms with van der Waals surface area (Å²) in [6.45, 7) is 2.79. The quantitative estimate of drug-likeness (QED) is 0.491. The van der Waals surface area contributed by atoms with Crippen molar-refractivity contribution in [2.24, 2.45) is 0 Å². The normalized spacial score (nSPS) is 12.7. The molecule has 0 saturated carbocycles. The summed E-state index contributed by atoms with van der Waals surface area (Å²) >= 11 is 0. The van der Waals surface area contributed by atoms with E-state index in [1.165, 1.54) is 0 Å². The van der Waals surface area contributed by atoms with Gasteiger partial charge in [0.05, 0.1) is 19.6 Å². The van der Waals surface area contributed by atoms with Gasteiger partial charge in [0.1, 0.15) is 0 Å². The molecule has 0 aliphatic carbocycles. The highest BCUT2D eigenvalue weighted by Crippen LogP contribution is 2.26. The molecule has 1 rings (SSSR count). The minimum atomic E-state index is -5.15. The van der Waals surface area contributed by atoms with Crippen LogP contribution in [0, 0.1) is 0 Å². The van der Waals surface area contributed by atoms with Crippen LogP contribution in [0.3, 0.4) is 0 Å². The zero-order valence-electron chi connectivity index (χ0n) is 14.7. The van der Waals surface area contributed by atoms with E-state index in [1.807, 2.05) is 0 Å². The summed E-state index contributed by atoms with van der Waals surface area (Å²) in [5.74, 6) is 0. The van der Waals surface area contributed by atoms with Gasteiger partial charge in [-0.1, -0.05) is 19.7 Å². The Labute approximate surface area is 160 Å². The van der Waals surface area contributed by atoms with Crippen LogP contribution in [-0.4, -0.2) is 32.2 Å². The maximum Gasteiger partial charge on any atom is 0.413 e. The van der Waals surface area contributed by atoms with Crippen LogP contribution in [0.25, 0.3) is 0 Å². The van der Waals surface area contributed by atoms with Crippen LogP contribution in [0.2, 0.25) is 0 Å². The Morgan fingerprint density at radius 3 is 0.833 bits per heavy atom. The second-order valence-corrected chi connectivity index (χ2v) is 5.91. The van der Waals surface area contributed by atoms with E-state index in [0.717, 1.165) is 0 Å². The summed E-state index contributed by atoms with van der Waals surface area (Å²) in [5.41, 5.74) is -10.9. The van der Waals surface area contributed by atoms with Crippen molar-refractivity contribution in [2.75, 3.05) is 0 Å². The molecule has 0 aliphatic heterocycles. The van der Waals surface area contributed by atoms with Gasteiger partial charge in [-0.05, 0) is 0 Å². The molecule has 168 valence electrons. The van der Waals surface area contributed by atoms with Gasteiger partial charge in [-0.15, -0.1) is 0 Å². The van der Waals surface area contributed by atoms with Crippen molar-refractivity contribution in [3.8, 4) is 0 Å². The average molecular weight is 453 g/mol. The van der Waals surface area contributed by atoms with Crippen molar-refractivity contribution in [1.29, 1.82) is 0 Å². The highest BCUT2D eigenvalue weighted by Gasteiger charge is 2.36. The van der Waals surface area contributed by atoms with E-state index in [1.54, 1.807) is 0 Å². The van der Waals surface area contributed by atoms with Crippen molar-refractivity contribution >= 4 is 0 Å². The molecule has 0 spiro atoms. The van der Waals surface area contributed by atoms with Crippen LogP contribution in [0.1, 0.15) is 0 Å². The van der Waals surface area contributed by atoms with E-state index in [4.69, 9.17) is 0 Å². The van der Waals surface area contributed by atoms with Crippen molar-refractivity contribution in [2.45, 2.75) is 38.2 Å². The average Bonchev–Trinajstić information content (AvgIpc) is 2.56. The van der Waals surface area contributed by atoms with Crippen LogP contribution in [0.5, 0.6) is 0 Å². The van der Waals surface area contributed by atoms with Crippen LogP contribution < -0.4 is 17.1 Å². The molecular weight excluding hydrogens is 441 g/mol. The summed E-state index contributed by atoms with van der Waals surface area (Å²) in [6, 6.07) is 0. The predicted octanol–water partition coefficient (Wildman–Crippen LogP) is 2.53. The van der Waals surface area contributed by atoms with E-state index in [-0.39, 0.29) is 13.7 Å². The fraction of sp³-hybridized carbons (Fsp3) is 0.400. The summed E-state index contributed by atoms with van der Waals surface area (Å²) in [5, 5.41) is 0. The van der Waals surface area contributed by atoms with Gasteiger partial charge in [-0.25, -0.2) is 28.1 Å². The lowest BCUT2D eigenvalue weighted by atomic mass is 10.3. The molecule has 0 aromatic carbocycles. The van der Waals surface area contributed by atoms with E-state index in [0.29, 0.717) is 0 Å². The predicted molar refractivity (Wildman–Crippen MR) is 84.8 cm³/mol. The molecule has 0 atom stereocenters. The maximum atomic E-state index is 12.7. The second kappa shape index (κ2) is 8.02. The highest BCUT2D eigenvalue weighted by atomic mass is 19.4. The van der Waals surface area contributed by atoms with Gasteiger partial charge >= 0.3 is 35.6 Å². The Kier molecular flexibility index (Phi) is 6.70. The number of halogens is 9. The summed E-state index contributed by atoms with van der Waals surface area (Å²) in [7, 11) is 0. The first-order valence-electron chi connectivity index (χ1n) is 7.47. The third kappa shape index (κ3) is 5.54. The minimum absolute atomic E-state index is 0.357. The maximum absolute atomic E-state index is 12.7. The van der Waals surface area contributed by atoms with Gasteiger partial charge in [0.25, 0.3) is 0 Å². The molecule has 15 heteroatoms. The standard InChI is InChI=1S/C15H12F9N3O3/c1-7(13(16,17)18)4-25-10(28)26(5-8(2)14(19,20)21)12(30)27(11(25)29)6-9(3)15(22,23)24/h1-6H2. The van der Waals surface area contributed by atoms with Crippen molar-refractivity contribution in [3.05, 3.63) is 67.9 Å². The smallest absolute Gasteiger partial charge is 0.247 e. The Bertz CT molecular complexity index is 886. The van der Waals surface area contributed by atoms with Crippen LogP contribution in [-0.2, 0) is 19.6 Å². The largest absolute Gasteiger partial charge is 0.413 e. The van der Waals surface area contributed by atoms with Crippen molar-refractivity contribution in [3.63, 3.8) is 0 Å². The van der Waals surface area contributed by atoms with Gasteiger partial charge < -0.3 is 0 Å². The highest BCUT2D eigenvalue weighted by molar-refractivity contribution is 5.07. The number of alkyl halides is 9. The number of hydrogen-bond acceptors (Lipinski definition) is 3. The van der Waals surface area contributed by atoms with Gasteiger partial charge in [-0.2, -0.15) is 39.5 Å². The number of hydrogen-bond donors (Lipinski definition) is 0. The van der Waals surface area contributed by atoms with Crippen molar-refractivity contribution < 1.29 is 39.5 Å². The van der Waals surface area contributed by atoms with Crippen molar-refractivity contribution in [1.82, 2.24) is 13.7 Å². The molecule has 0 fully saturated rings. The van der Waals surface area contributed by atoms with E-state index >= 15 is 0 Å². The van der Waals surface area contributed by atoms with Gasteiger partial charge in [0.2, 0.25) is 0 Å². The molecule has 1 aromatic rings. The van der Waals surface area contributed by atoms with Gasteiger partial charge in [0.15, 0.2) is 0 Å². The van der Waals surface area contributed by atoms with Gasteiger partial charge in [-0.3, -0.25) is 0 Å². The Balaban J connectivity index is 3.77. The molecule has 0 radical (unpaired) electrons. The third-order valence-corrected chi connectivity index (χ3v) is 3.64. The molecule has 0 unspecified atom stereocenters. The Hall–Kier alpha value is -3.00. The molecule has 1 aromatic heterocycles. The zero-order valence-corrected chi connectivity index (χ0v) is 14.7. The molecule has 0 amide bonds. The van der Waals surface area contributed by atoms with Crippen LogP contribution >= 0.6 is 0 Å². The second-order valence-electron chi connectivity index (χ2n) is 5.91. The first-order valence-corrected chi connectivity index (χ1v) is 7.47. The number of nitrogens with zero attached hydrogens (tertiary/aromatic N) is 3. The summed E-state index contributed by atoms with van der Waals surface area (Å²) in [6.07, 6.45) is -15.4. The lowest BCUT2D eigenvalue weighted by Gasteiger charge is -2.18. The topological polar surface area (TPSA) is 66.0 Å². The molecule has 1 heterocycles. The van der Waals surface area contributed by atoms with Gasteiger partial charge in [0, 0.05) is 16.7 Å². The molecule has 0 saturated heterocycles. The molecule has 0 aliphatic rings. The Morgan fingerprint density at radius 2 is 0.700 bits per heavy atom. The number of allylic oxidation sites excluding steroid dienone is 3. The lowest BCUT2D eigenvalue weighted by molar-refractivity contribution is -0.0947. The number of rotatable bonds is 6. The number of aromatic nitrogens is 3. The molecule has 0 N–H and O–H groups in total. The molecule has 0 bridgehead atoms. The summed E-state index contributed by atoms with van der Waals surface area (Å²) in [4.78, 5) is 36.7. The summed E-state index contributed by atoms with van der Waals surface area (Å²) < 4.78 is 113. The Morgan fingerprint density at radius 1 is 0.533 bits per heavy atom. The van der Waals surface area contributed by atoms with E-state index in [9.17, 15) is 53.9 Å². The fourth-order valence-electron chi connectivity index (χ4n) is 1.93. The molecular formula is C15H12F9N3O3. The SMILES string of the molecule is C=C(Cn1c(=O)n(CC(=C)C(F)(F)F)c(=O)n(CC(=C)C(F)(F)F)c1=O)C(F)(F)F. The van der Waals surface area contributed by atoms with E-state index in [2.05, 4.69) is 19.7 Å². The molecule has 6 nitrogen and oxygen atoms in total. The zero-order chi connectivity index (χ0) is 23.8. The van der Waals surface area contributed by atoms with Crippen LogP contribution in [0.15, 0.2) is 50.8 Å². The third-order valence-electron chi connectivity index (χ3n) is 3.64. The lowest BCUT2D eigenvalue weighted by Crippen LogP contribution is -2.55. The minimum Gasteiger partial charge on any atom is -0.247 e. The first-order chi connectivity index (χ1) is 13.3. The van der Waals surface area contributed by atoms with Crippen LogP contribution in [0.4, 0.5) is 39.5 Å². The molecule has 30 heavy (non-hydrogen) atoms.